The maximum atomic E-state index is 13.4. The van der Waals surface area contributed by atoms with Crippen LogP contribution in [0, 0.1) is 25.7 Å². The highest BCUT2D eigenvalue weighted by atomic mass is 16.2. The van der Waals surface area contributed by atoms with Crippen molar-refractivity contribution < 1.29 is 4.79 Å². The van der Waals surface area contributed by atoms with Gasteiger partial charge in [-0.25, -0.2) is 14.6 Å². The second-order valence-corrected chi connectivity index (χ2v) is 9.82. The van der Waals surface area contributed by atoms with Crippen molar-refractivity contribution >= 4 is 11.7 Å². The molecule has 0 N–H and O–H groups in total. The lowest BCUT2D eigenvalue weighted by molar-refractivity contribution is -0.137. The minimum Gasteiger partial charge on any atom is -0.356 e. The lowest BCUT2D eigenvalue weighted by atomic mass is 9.89. The minimum absolute atomic E-state index is 0.0338. The molecule has 2 aliphatic heterocycles. The Kier molecular flexibility index (Phi) is 6.61. The van der Waals surface area contributed by atoms with Gasteiger partial charge in [-0.05, 0) is 63.5 Å². The summed E-state index contributed by atoms with van der Waals surface area (Å²) >= 11 is 0. The minimum atomic E-state index is 0.0338. The Balaban J connectivity index is 1.20. The van der Waals surface area contributed by atoms with E-state index in [-0.39, 0.29) is 5.92 Å². The van der Waals surface area contributed by atoms with Gasteiger partial charge in [-0.2, -0.15) is 5.10 Å². The fourth-order valence-corrected chi connectivity index (χ4v) is 5.44. The van der Waals surface area contributed by atoms with Crippen LogP contribution in [0.1, 0.15) is 42.6 Å². The van der Waals surface area contributed by atoms with E-state index in [1.54, 1.807) is 6.33 Å². The first-order valence-electron chi connectivity index (χ1n) is 12.5. The molecule has 2 saturated heterocycles. The molecular weight excluding hydrogens is 424 g/mol. The van der Waals surface area contributed by atoms with Crippen molar-refractivity contribution in [1.29, 1.82) is 0 Å². The summed E-state index contributed by atoms with van der Waals surface area (Å²) in [7, 11) is 0. The van der Waals surface area contributed by atoms with Gasteiger partial charge >= 0.3 is 0 Å². The fraction of sp³-hybridized carbons (Fsp3) is 0.481. The molecule has 7 nitrogen and oxygen atoms in total. The number of amides is 1. The number of rotatable bonds is 5. The van der Waals surface area contributed by atoms with Crippen molar-refractivity contribution in [3.05, 3.63) is 65.7 Å². The number of hydrogen-bond donors (Lipinski definition) is 0. The van der Waals surface area contributed by atoms with Gasteiger partial charge in [-0.3, -0.25) is 4.79 Å². The van der Waals surface area contributed by atoms with Crippen molar-refractivity contribution in [3.63, 3.8) is 0 Å². The highest BCUT2D eigenvalue weighted by Gasteiger charge is 2.32. The normalized spacial score (nSPS) is 19.4. The number of benzene rings is 1. The summed E-state index contributed by atoms with van der Waals surface area (Å²) in [5.41, 5.74) is 3.42. The molecule has 7 heteroatoms. The average Bonchev–Trinajstić information content (AvgIpc) is 3.22. The second-order valence-electron chi connectivity index (χ2n) is 9.82. The number of aryl methyl sites for hydroxylation is 2. The largest absolute Gasteiger partial charge is 0.356 e. The van der Waals surface area contributed by atoms with Gasteiger partial charge in [0.25, 0.3) is 0 Å². The van der Waals surface area contributed by atoms with Crippen LogP contribution in [0.25, 0.3) is 5.82 Å². The standard InChI is InChI=1S/C27H34N6O/c1-20-15-21(2)33(30-20)26-17-25(28-19-29-26)32-12-6-9-24(18-32)27(34)31-13-10-23(11-14-31)16-22-7-4-3-5-8-22/h3-5,7-8,15,17,19,23-24H,6,9-14,16,18H2,1-2H3. The van der Waals surface area contributed by atoms with E-state index in [4.69, 9.17) is 0 Å². The number of carbonyl (C=O) groups is 1. The number of nitrogens with zero attached hydrogens (tertiary/aromatic N) is 6. The molecule has 5 rings (SSSR count). The van der Waals surface area contributed by atoms with Crippen molar-refractivity contribution in [1.82, 2.24) is 24.6 Å². The van der Waals surface area contributed by atoms with Crippen LogP contribution in [0.5, 0.6) is 0 Å². The molecule has 2 aliphatic rings. The topological polar surface area (TPSA) is 67.2 Å². The van der Waals surface area contributed by atoms with Crippen LogP contribution < -0.4 is 4.90 Å². The summed E-state index contributed by atoms with van der Waals surface area (Å²) < 4.78 is 1.85. The van der Waals surface area contributed by atoms with Crippen molar-refractivity contribution in [2.75, 3.05) is 31.1 Å². The summed E-state index contributed by atoms with van der Waals surface area (Å²) in [6, 6.07) is 14.7. The third-order valence-electron chi connectivity index (χ3n) is 7.25. The monoisotopic (exact) mass is 458 g/mol. The number of carbonyl (C=O) groups excluding carboxylic acids is 1. The van der Waals surface area contributed by atoms with Crippen LogP contribution in [-0.2, 0) is 11.2 Å². The molecule has 2 fully saturated rings. The summed E-state index contributed by atoms with van der Waals surface area (Å²) in [5, 5.41) is 4.55. The van der Waals surface area contributed by atoms with Crippen molar-refractivity contribution in [3.8, 4) is 5.82 Å². The Morgan fingerprint density at radius 2 is 1.74 bits per heavy atom. The lowest BCUT2D eigenvalue weighted by Crippen LogP contribution is -2.47. The first kappa shape index (κ1) is 22.6. The van der Waals surface area contributed by atoms with E-state index in [9.17, 15) is 4.79 Å². The van der Waals surface area contributed by atoms with E-state index < -0.39 is 0 Å². The molecule has 34 heavy (non-hydrogen) atoms. The molecule has 4 heterocycles. The molecule has 1 amide bonds. The Hall–Kier alpha value is -3.22. The molecular formula is C27H34N6O. The van der Waals surface area contributed by atoms with Gasteiger partial charge in [0.1, 0.15) is 12.1 Å². The first-order chi connectivity index (χ1) is 16.6. The molecule has 0 radical (unpaired) electrons. The number of hydrogen-bond acceptors (Lipinski definition) is 5. The number of aromatic nitrogens is 4. The van der Waals surface area contributed by atoms with Gasteiger partial charge in [0.15, 0.2) is 5.82 Å². The van der Waals surface area contributed by atoms with Crippen LogP contribution >= 0.6 is 0 Å². The second kappa shape index (κ2) is 9.95. The maximum Gasteiger partial charge on any atom is 0.227 e. The van der Waals surface area contributed by atoms with Crippen LogP contribution in [-0.4, -0.2) is 56.7 Å². The molecule has 1 aromatic carbocycles. The molecule has 0 spiro atoms. The highest BCUT2D eigenvalue weighted by molar-refractivity contribution is 5.80. The number of anilines is 1. The molecule has 0 saturated carbocycles. The SMILES string of the molecule is Cc1cc(C)n(-c2cc(N3CCCC(C(=O)N4CCC(Cc5ccccc5)CC4)C3)ncn2)n1. The first-order valence-corrected chi connectivity index (χ1v) is 12.5. The molecule has 2 aromatic heterocycles. The summed E-state index contributed by atoms with van der Waals surface area (Å²) in [6.07, 6.45) is 6.86. The number of piperidine rings is 2. The molecule has 3 aromatic rings. The Labute approximate surface area is 201 Å². The van der Waals surface area contributed by atoms with Gasteiger partial charge in [0.05, 0.1) is 11.6 Å². The smallest absolute Gasteiger partial charge is 0.227 e. The van der Waals surface area contributed by atoms with E-state index in [1.807, 2.05) is 30.7 Å². The van der Waals surface area contributed by atoms with E-state index in [0.29, 0.717) is 11.8 Å². The van der Waals surface area contributed by atoms with Gasteiger partial charge in [0.2, 0.25) is 5.91 Å². The van der Waals surface area contributed by atoms with Gasteiger partial charge in [-0.15, -0.1) is 0 Å². The molecule has 1 unspecified atom stereocenters. The zero-order valence-electron chi connectivity index (χ0n) is 20.2. The quantitative estimate of drug-likeness (QED) is 0.579. The van der Waals surface area contributed by atoms with Crippen LogP contribution in [0.3, 0.4) is 0 Å². The zero-order valence-corrected chi connectivity index (χ0v) is 20.2. The predicted octanol–water partition coefficient (Wildman–Crippen LogP) is 3.98. The highest BCUT2D eigenvalue weighted by Crippen LogP contribution is 2.27. The van der Waals surface area contributed by atoms with E-state index >= 15 is 0 Å². The Morgan fingerprint density at radius 3 is 2.47 bits per heavy atom. The molecule has 0 aliphatic carbocycles. The molecule has 0 bridgehead atoms. The fourth-order valence-electron chi connectivity index (χ4n) is 5.44. The molecule has 1 atom stereocenters. The van der Waals surface area contributed by atoms with Crippen molar-refractivity contribution in [2.45, 2.75) is 46.0 Å². The van der Waals surface area contributed by atoms with Crippen LogP contribution in [0.2, 0.25) is 0 Å². The summed E-state index contributed by atoms with van der Waals surface area (Å²) in [6.45, 7) is 7.40. The van der Waals surface area contributed by atoms with Gasteiger partial charge in [0, 0.05) is 37.9 Å². The third kappa shape index (κ3) is 4.98. The zero-order chi connectivity index (χ0) is 23.5. The van der Waals surface area contributed by atoms with Gasteiger partial charge in [-0.1, -0.05) is 30.3 Å². The predicted molar refractivity (Wildman–Crippen MR) is 133 cm³/mol. The third-order valence-corrected chi connectivity index (χ3v) is 7.25. The van der Waals surface area contributed by atoms with Crippen molar-refractivity contribution in [2.24, 2.45) is 11.8 Å². The average molecular weight is 459 g/mol. The van der Waals surface area contributed by atoms with E-state index in [2.05, 4.69) is 55.2 Å². The lowest BCUT2D eigenvalue weighted by Gasteiger charge is -2.38. The van der Waals surface area contributed by atoms with E-state index in [1.165, 1.54) is 5.56 Å². The van der Waals surface area contributed by atoms with Crippen LogP contribution in [0.4, 0.5) is 5.82 Å². The molecule has 178 valence electrons. The van der Waals surface area contributed by atoms with Crippen LogP contribution in [0.15, 0.2) is 48.8 Å². The summed E-state index contributed by atoms with van der Waals surface area (Å²) in [5.74, 6) is 2.66. The maximum absolute atomic E-state index is 13.4. The Morgan fingerprint density at radius 1 is 0.971 bits per heavy atom. The Bertz CT molecular complexity index is 1120. The van der Waals surface area contributed by atoms with E-state index in [0.717, 1.165) is 81.3 Å². The van der Waals surface area contributed by atoms with Gasteiger partial charge < -0.3 is 9.80 Å². The number of likely N-dealkylation sites (tertiary alicyclic amines) is 1. The summed E-state index contributed by atoms with van der Waals surface area (Å²) in [4.78, 5) is 26.7.